The van der Waals surface area contributed by atoms with Gasteiger partial charge in [0.05, 0.1) is 20.6 Å². The van der Waals surface area contributed by atoms with Gasteiger partial charge < -0.3 is 19.8 Å². The maximum absolute atomic E-state index is 13.5. The van der Waals surface area contributed by atoms with Crippen LogP contribution < -0.4 is 14.8 Å². The number of halogens is 1. The third-order valence-electron chi connectivity index (χ3n) is 5.56. The number of aromatic nitrogens is 1. The van der Waals surface area contributed by atoms with Gasteiger partial charge in [-0.05, 0) is 35.4 Å². The third kappa shape index (κ3) is 4.44. The molecule has 0 aliphatic carbocycles. The summed E-state index contributed by atoms with van der Waals surface area (Å²) in [5.74, 6) is 0.536. The summed E-state index contributed by atoms with van der Waals surface area (Å²) in [5, 5.41) is 4.09. The molecule has 1 aromatic heterocycles. The Morgan fingerprint density at radius 3 is 2.59 bits per heavy atom. The van der Waals surface area contributed by atoms with Gasteiger partial charge in [-0.2, -0.15) is 0 Å². The largest absolute Gasteiger partial charge is 0.493 e. The summed E-state index contributed by atoms with van der Waals surface area (Å²) in [6, 6.07) is 19.9. The number of methoxy groups -OCH3 is 2. The van der Waals surface area contributed by atoms with Crippen LogP contribution in [0.1, 0.15) is 22.6 Å². The van der Waals surface area contributed by atoms with Crippen LogP contribution in [-0.2, 0) is 11.2 Å². The van der Waals surface area contributed by atoms with Crippen molar-refractivity contribution in [1.29, 1.82) is 0 Å². The zero-order valence-electron chi connectivity index (χ0n) is 18.0. The van der Waals surface area contributed by atoms with Gasteiger partial charge in [0.15, 0.2) is 11.5 Å². The van der Waals surface area contributed by atoms with E-state index in [2.05, 4.69) is 16.4 Å². The van der Waals surface area contributed by atoms with Crippen LogP contribution in [0.2, 0.25) is 0 Å². The Morgan fingerprint density at radius 2 is 1.81 bits per heavy atom. The number of benzene rings is 3. The number of rotatable bonds is 8. The second-order valence-corrected chi connectivity index (χ2v) is 7.54. The second kappa shape index (κ2) is 9.56. The van der Waals surface area contributed by atoms with Crippen molar-refractivity contribution < 1.29 is 18.7 Å². The van der Waals surface area contributed by atoms with Gasteiger partial charge in [-0.1, -0.05) is 42.5 Å². The summed E-state index contributed by atoms with van der Waals surface area (Å²) in [4.78, 5) is 16.0. The van der Waals surface area contributed by atoms with Crippen molar-refractivity contribution in [3.63, 3.8) is 0 Å². The van der Waals surface area contributed by atoms with E-state index in [0.29, 0.717) is 23.6 Å². The van der Waals surface area contributed by atoms with Crippen LogP contribution in [0.25, 0.3) is 10.9 Å². The number of H-pyrrole nitrogens is 1. The molecule has 164 valence electrons. The Morgan fingerprint density at radius 1 is 1.00 bits per heavy atom. The van der Waals surface area contributed by atoms with Crippen molar-refractivity contribution in [3.8, 4) is 11.5 Å². The molecule has 32 heavy (non-hydrogen) atoms. The van der Waals surface area contributed by atoms with E-state index in [9.17, 15) is 9.18 Å². The van der Waals surface area contributed by atoms with Crippen LogP contribution in [0.4, 0.5) is 4.39 Å². The zero-order chi connectivity index (χ0) is 22.5. The van der Waals surface area contributed by atoms with Gasteiger partial charge in [0.2, 0.25) is 5.91 Å². The molecule has 4 aromatic rings. The number of nitrogens with one attached hydrogen (secondary N) is 2. The first-order chi connectivity index (χ1) is 15.6. The van der Waals surface area contributed by atoms with Crippen LogP contribution in [0.3, 0.4) is 0 Å². The predicted molar refractivity (Wildman–Crippen MR) is 123 cm³/mol. The van der Waals surface area contributed by atoms with E-state index < -0.39 is 0 Å². The quantitative estimate of drug-likeness (QED) is 0.420. The predicted octanol–water partition coefficient (Wildman–Crippen LogP) is 4.82. The monoisotopic (exact) mass is 432 g/mol. The first kappa shape index (κ1) is 21.4. The Hall–Kier alpha value is -3.80. The van der Waals surface area contributed by atoms with Gasteiger partial charge in [-0.3, -0.25) is 4.79 Å². The normalized spacial score (nSPS) is 11.8. The van der Waals surface area contributed by atoms with E-state index in [4.69, 9.17) is 9.47 Å². The van der Waals surface area contributed by atoms with Crippen molar-refractivity contribution in [2.75, 3.05) is 20.8 Å². The SMILES string of the molecule is COc1cccc(C(CNC(=O)Cc2cccc(F)c2)c2c[nH]c3ccccc23)c1OC. The standard InChI is InChI=1S/C26H25FN2O3/c1-31-24-12-6-10-20(26(24)32-2)22(21-15-28-23-11-4-3-9-19(21)23)16-29-25(30)14-17-7-5-8-18(27)13-17/h3-13,15,22,28H,14,16H2,1-2H3,(H,29,30). The van der Waals surface area contributed by atoms with Gasteiger partial charge in [-0.15, -0.1) is 0 Å². The molecular formula is C26H25FN2O3. The van der Waals surface area contributed by atoms with Gasteiger partial charge in [-0.25, -0.2) is 4.39 Å². The van der Waals surface area contributed by atoms with E-state index in [-0.39, 0.29) is 24.1 Å². The van der Waals surface area contributed by atoms with Gasteiger partial charge in [0.25, 0.3) is 0 Å². The van der Waals surface area contributed by atoms with Crippen molar-refractivity contribution in [2.45, 2.75) is 12.3 Å². The number of fused-ring (bicyclic) bond motifs is 1. The molecule has 0 spiro atoms. The fourth-order valence-corrected chi connectivity index (χ4v) is 4.07. The Bertz CT molecular complexity index is 1230. The third-order valence-corrected chi connectivity index (χ3v) is 5.56. The summed E-state index contributed by atoms with van der Waals surface area (Å²) in [6.07, 6.45) is 2.07. The molecule has 1 amide bonds. The molecule has 0 bridgehead atoms. The fourth-order valence-electron chi connectivity index (χ4n) is 4.07. The number of para-hydroxylation sites is 2. The zero-order valence-corrected chi connectivity index (χ0v) is 18.0. The second-order valence-electron chi connectivity index (χ2n) is 7.54. The summed E-state index contributed by atoms with van der Waals surface area (Å²) >= 11 is 0. The molecule has 0 radical (unpaired) electrons. The van der Waals surface area contributed by atoms with E-state index in [0.717, 1.165) is 22.0 Å². The molecule has 4 rings (SSSR count). The molecule has 2 N–H and O–H groups in total. The van der Waals surface area contributed by atoms with E-state index in [1.165, 1.54) is 12.1 Å². The molecule has 1 unspecified atom stereocenters. The van der Waals surface area contributed by atoms with Crippen LogP contribution in [0, 0.1) is 5.82 Å². The number of ether oxygens (including phenoxy) is 2. The van der Waals surface area contributed by atoms with Crippen molar-refractivity contribution >= 4 is 16.8 Å². The minimum absolute atomic E-state index is 0.105. The highest BCUT2D eigenvalue weighted by Crippen LogP contribution is 2.40. The number of aromatic amines is 1. The average Bonchev–Trinajstić information content (AvgIpc) is 3.23. The number of hydrogen-bond donors (Lipinski definition) is 2. The summed E-state index contributed by atoms with van der Waals surface area (Å²) in [5.41, 5.74) is 3.59. The van der Waals surface area contributed by atoms with Crippen LogP contribution in [0.5, 0.6) is 11.5 Å². The molecule has 5 nitrogen and oxygen atoms in total. The molecule has 0 fully saturated rings. The van der Waals surface area contributed by atoms with Gasteiger partial charge in [0, 0.05) is 35.1 Å². The first-order valence-electron chi connectivity index (χ1n) is 10.4. The number of amides is 1. The summed E-state index contributed by atoms with van der Waals surface area (Å²) in [7, 11) is 3.21. The summed E-state index contributed by atoms with van der Waals surface area (Å²) in [6.45, 7) is 0.347. The maximum atomic E-state index is 13.5. The smallest absolute Gasteiger partial charge is 0.224 e. The number of hydrogen-bond acceptors (Lipinski definition) is 3. The minimum atomic E-state index is -0.354. The molecule has 1 atom stereocenters. The molecule has 0 saturated carbocycles. The van der Waals surface area contributed by atoms with Gasteiger partial charge >= 0.3 is 0 Å². The molecular weight excluding hydrogens is 407 g/mol. The van der Waals surface area contributed by atoms with E-state index in [1.54, 1.807) is 26.4 Å². The molecule has 1 heterocycles. The minimum Gasteiger partial charge on any atom is -0.493 e. The van der Waals surface area contributed by atoms with Crippen molar-refractivity contribution in [1.82, 2.24) is 10.3 Å². The van der Waals surface area contributed by atoms with Crippen molar-refractivity contribution in [3.05, 3.63) is 95.4 Å². The highest BCUT2D eigenvalue weighted by Gasteiger charge is 2.24. The van der Waals surface area contributed by atoms with E-state index >= 15 is 0 Å². The lowest BCUT2D eigenvalue weighted by Gasteiger charge is -2.22. The molecule has 3 aromatic carbocycles. The van der Waals surface area contributed by atoms with Crippen LogP contribution in [0.15, 0.2) is 72.9 Å². The average molecular weight is 432 g/mol. The molecule has 0 aliphatic heterocycles. The highest BCUT2D eigenvalue weighted by atomic mass is 19.1. The molecule has 6 heteroatoms. The lowest BCUT2D eigenvalue weighted by atomic mass is 9.89. The number of carbonyl (C=O) groups excluding carboxylic acids is 1. The molecule has 0 aliphatic rings. The highest BCUT2D eigenvalue weighted by molar-refractivity contribution is 5.85. The number of carbonyl (C=O) groups is 1. The maximum Gasteiger partial charge on any atom is 0.224 e. The van der Waals surface area contributed by atoms with Crippen LogP contribution >= 0.6 is 0 Å². The van der Waals surface area contributed by atoms with E-state index in [1.807, 2.05) is 42.6 Å². The lowest BCUT2D eigenvalue weighted by molar-refractivity contribution is -0.120. The molecule has 0 saturated heterocycles. The Balaban J connectivity index is 1.66. The first-order valence-corrected chi connectivity index (χ1v) is 10.4. The van der Waals surface area contributed by atoms with Crippen LogP contribution in [-0.4, -0.2) is 31.7 Å². The fraction of sp³-hybridized carbons (Fsp3) is 0.192. The topological polar surface area (TPSA) is 63.3 Å². The van der Waals surface area contributed by atoms with Gasteiger partial charge in [0.1, 0.15) is 5.82 Å². The Kier molecular flexibility index (Phi) is 6.40. The van der Waals surface area contributed by atoms with Crippen molar-refractivity contribution in [2.24, 2.45) is 0 Å². The lowest BCUT2D eigenvalue weighted by Crippen LogP contribution is -2.30. The summed E-state index contributed by atoms with van der Waals surface area (Å²) < 4.78 is 24.7. The Labute approximate surface area is 186 Å².